The molecule has 0 bridgehead atoms. The second-order valence-electron chi connectivity index (χ2n) is 7.32. The zero-order valence-corrected chi connectivity index (χ0v) is 16.6. The van der Waals surface area contributed by atoms with E-state index in [9.17, 15) is 9.18 Å². The number of rotatable bonds is 5. The number of likely N-dealkylation sites (N-methyl/N-ethyl adjacent to an activating group) is 1. The molecule has 1 fully saturated rings. The fourth-order valence-corrected chi connectivity index (χ4v) is 3.80. The highest BCUT2D eigenvalue weighted by Crippen LogP contribution is 2.38. The molecule has 4 rings (SSSR count). The van der Waals surface area contributed by atoms with Crippen LogP contribution in [0, 0.1) is 5.82 Å². The molecule has 7 heteroatoms. The summed E-state index contributed by atoms with van der Waals surface area (Å²) in [5.41, 5.74) is 1.74. The highest BCUT2D eigenvalue weighted by atomic mass is 19.1. The van der Waals surface area contributed by atoms with Crippen LogP contribution < -0.4 is 14.4 Å². The van der Waals surface area contributed by atoms with Crippen molar-refractivity contribution in [2.75, 3.05) is 38.9 Å². The van der Waals surface area contributed by atoms with Gasteiger partial charge in [-0.25, -0.2) is 4.39 Å². The van der Waals surface area contributed by atoms with E-state index in [1.165, 1.54) is 12.1 Å². The minimum atomic E-state index is -0.565. The SMILES string of the molecule is COC1(c2cc(F)cc(OCc3ccc4c(c3)N(C)C(=O)CO4)c2)CCOCC1. The smallest absolute Gasteiger partial charge is 0.264 e. The van der Waals surface area contributed by atoms with E-state index in [2.05, 4.69) is 0 Å². The Morgan fingerprint density at radius 3 is 2.72 bits per heavy atom. The Kier molecular flexibility index (Phi) is 5.43. The lowest BCUT2D eigenvalue weighted by molar-refractivity contribution is -0.120. The number of anilines is 1. The summed E-state index contributed by atoms with van der Waals surface area (Å²) in [5.74, 6) is 0.614. The lowest BCUT2D eigenvalue weighted by Crippen LogP contribution is -2.35. The predicted molar refractivity (Wildman–Crippen MR) is 105 cm³/mol. The van der Waals surface area contributed by atoms with Gasteiger partial charge in [-0.3, -0.25) is 4.79 Å². The zero-order valence-electron chi connectivity index (χ0n) is 16.6. The van der Waals surface area contributed by atoms with Gasteiger partial charge >= 0.3 is 0 Å². The summed E-state index contributed by atoms with van der Waals surface area (Å²) in [7, 11) is 3.36. The van der Waals surface area contributed by atoms with Gasteiger partial charge in [0.05, 0.1) is 11.3 Å². The van der Waals surface area contributed by atoms with Gasteiger partial charge < -0.3 is 23.8 Å². The summed E-state index contributed by atoms with van der Waals surface area (Å²) >= 11 is 0. The topological polar surface area (TPSA) is 57.2 Å². The monoisotopic (exact) mass is 401 g/mol. The van der Waals surface area contributed by atoms with Crippen molar-refractivity contribution in [1.82, 2.24) is 0 Å². The molecule has 2 aromatic carbocycles. The first-order valence-corrected chi connectivity index (χ1v) is 9.60. The van der Waals surface area contributed by atoms with Gasteiger partial charge in [0.15, 0.2) is 6.61 Å². The van der Waals surface area contributed by atoms with E-state index in [0.717, 1.165) is 11.1 Å². The van der Waals surface area contributed by atoms with E-state index in [4.69, 9.17) is 18.9 Å². The number of benzene rings is 2. The fourth-order valence-electron chi connectivity index (χ4n) is 3.80. The lowest BCUT2D eigenvalue weighted by atomic mass is 9.86. The molecule has 2 heterocycles. The Bertz CT molecular complexity index is 910. The first-order valence-electron chi connectivity index (χ1n) is 9.60. The molecule has 2 aromatic rings. The quantitative estimate of drug-likeness (QED) is 0.769. The van der Waals surface area contributed by atoms with E-state index in [1.54, 1.807) is 19.1 Å². The van der Waals surface area contributed by atoms with Crippen molar-refractivity contribution >= 4 is 11.6 Å². The average molecular weight is 401 g/mol. The summed E-state index contributed by atoms with van der Waals surface area (Å²) < 4.78 is 36.8. The highest BCUT2D eigenvalue weighted by Gasteiger charge is 2.35. The standard InChI is InChI=1S/C22H24FNO5/c1-24-19-9-15(3-4-20(19)29-14-21(24)25)13-28-18-11-16(10-17(23)12-18)22(26-2)5-7-27-8-6-22/h3-4,9-12H,5-8,13-14H2,1-2H3. The van der Waals surface area contributed by atoms with Crippen LogP contribution in [0.4, 0.5) is 10.1 Å². The van der Waals surface area contributed by atoms with Gasteiger partial charge in [0.2, 0.25) is 0 Å². The van der Waals surface area contributed by atoms with Crippen molar-refractivity contribution in [2.45, 2.75) is 25.0 Å². The molecule has 1 saturated heterocycles. The summed E-state index contributed by atoms with van der Waals surface area (Å²) in [4.78, 5) is 13.4. The van der Waals surface area contributed by atoms with Crippen LogP contribution >= 0.6 is 0 Å². The molecule has 0 N–H and O–H groups in total. The van der Waals surface area contributed by atoms with Crippen LogP contribution in [0.15, 0.2) is 36.4 Å². The molecular weight excluding hydrogens is 377 g/mol. The van der Waals surface area contributed by atoms with Gasteiger partial charge in [-0.15, -0.1) is 0 Å². The number of methoxy groups -OCH3 is 1. The number of carbonyl (C=O) groups is 1. The normalized spacial score (nSPS) is 18.2. The summed E-state index contributed by atoms with van der Waals surface area (Å²) in [5, 5.41) is 0. The van der Waals surface area contributed by atoms with E-state index in [1.807, 2.05) is 24.3 Å². The van der Waals surface area contributed by atoms with Gasteiger partial charge in [0, 0.05) is 46.3 Å². The zero-order chi connectivity index (χ0) is 20.4. The van der Waals surface area contributed by atoms with Gasteiger partial charge in [-0.05, 0) is 35.4 Å². The number of halogens is 1. The lowest BCUT2D eigenvalue weighted by Gasteiger charge is -2.36. The van der Waals surface area contributed by atoms with Crippen LogP contribution in [0.1, 0.15) is 24.0 Å². The number of nitrogens with zero attached hydrogens (tertiary/aromatic N) is 1. The molecule has 0 aliphatic carbocycles. The molecule has 2 aliphatic heterocycles. The summed E-state index contributed by atoms with van der Waals surface area (Å²) in [6, 6.07) is 10.2. The Hall–Kier alpha value is -2.64. The van der Waals surface area contributed by atoms with Crippen molar-refractivity contribution < 1.29 is 28.1 Å². The van der Waals surface area contributed by atoms with Crippen molar-refractivity contribution in [3.8, 4) is 11.5 Å². The summed E-state index contributed by atoms with van der Waals surface area (Å²) in [6.45, 7) is 1.42. The Balaban J connectivity index is 1.53. The van der Waals surface area contributed by atoms with Gasteiger partial charge in [0.1, 0.15) is 23.9 Å². The molecule has 1 amide bonds. The minimum Gasteiger partial charge on any atom is -0.489 e. The highest BCUT2D eigenvalue weighted by molar-refractivity contribution is 5.97. The second-order valence-corrected chi connectivity index (χ2v) is 7.32. The number of hydrogen-bond acceptors (Lipinski definition) is 5. The Labute approximate surface area is 169 Å². The van der Waals surface area contributed by atoms with E-state index < -0.39 is 5.60 Å². The first-order chi connectivity index (χ1) is 14.0. The molecule has 0 saturated carbocycles. The molecule has 0 radical (unpaired) electrons. The van der Waals surface area contributed by atoms with E-state index in [0.29, 0.717) is 43.2 Å². The average Bonchev–Trinajstić information content (AvgIpc) is 2.75. The van der Waals surface area contributed by atoms with Crippen LogP contribution in [0.25, 0.3) is 0 Å². The molecular formula is C22H24FNO5. The molecule has 0 unspecified atom stereocenters. The van der Waals surface area contributed by atoms with E-state index >= 15 is 0 Å². The molecule has 2 aliphatic rings. The molecule has 0 atom stereocenters. The summed E-state index contributed by atoms with van der Waals surface area (Å²) in [6.07, 6.45) is 1.33. The fraction of sp³-hybridized carbons (Fsp3) is 0.409. The third kappa shape index (κ3) is 3.93. The second kappa shape index (κ2) is 8.00. The van der Waals surface area contributed by atoms with Gasteiger partial charge in [-0.2, -0.15) is 0 Å². The maximum absolute atomic E-state index is 14.3. The number of amides is 1. The van der Waals surface area contributed by atoms with Crippen LogP contribution in [0.5, 0.6) is 11.5 Å². The number of fused-ring (bicyclic) bond motifs is 1. The third-order valence-corrected chi connectivity index (χ3v) is 5.60. The number of ether oxygens (including phenoxy) is 4. The third-order valence-electron chi connectivity index (χ3n) is 5.60. The minimum absolute atomic E-state index is 0.0394. The van der Waals surface area contributed by atoms with Crippen molar-refractivity contribution in [2.24, 2.45) is 0 Å². The molecule has 154 valence electrons. The van der Waals surface area contributed by atoms with Crippen molar-refractivity contribution in [1.29, 1.82) is 0 Å². The van der Waals surface area contributed by atoms with Crippen LogP contribution in [-0.2, 0) is 26.5 Å². The maximum atomic E-state index is 14.3. The van der Waals surface area contributed by atoms with Crippen LogP contribution in [0.2, 0.25) is 0 Å². The van der Waals surface area contributed by atoms with Crippen molar-refractivity contribution in [3.05, 3.63) is 53.3 Å². The molecule has 0 aromatic heterocycles. The molecule has 29 heavy (non-hydrogen) atoms. The molecule has 0 spiro atoms. The van der Waals surface area contributed by atoms with Crippen LogP contribution in [0.3, 0.4) is 0 Å². The van der Waals surface area contributed by atoms with Crippen molar-refractivity contribution in [3.63, 3.8) is 0 Å². The largest absolute Gasteiger partial charge is 0.489 e. The predicted octanol–water partition coefficient (Wildman–Crippen LogP) is 3.41. The molecule has 6 nitrogen and oxygen atoms in total. The number of carbonyl (C=O) groups excluding carboxylic acids is 1. The number of hydrogen-bond donors (Lipinski definition) is 0. The maximum Gasteiger partial charge on any atom is 0.264 e. The Morgan fingerprint density at radius 2 is 1.97 bits per heavy atom. The van der Waals surface area contributed by atoms with Crippen LogP contribution in [-0.4, -0.2) is 39.9 Å². The Morgan fingerprint density at radius 1 is 1.17 bits per heavy atom. The van der Waals surface area contributed by atoms with Gasteiger partial charge in [0.25, 0.3) is 5.91 Å². The first kappa shape index (κ1) is 19.7. The van der Waals surface area contributed by atoms with Gasteiger partial charge in [-0.1, -0.05) is 6.07 Å². The van der Waals surface area contributed by atoms with E-state index in [-0.39, 0.29) is 24.9 Å².